The van der Waals surface area contributed by atoms with Crippen molar-refractivity contribution in [2.24, 2.45) is 0 Å². The summed E-state index contributed by atoms with van der Waals surface area (Å²) in [5, 5.41) is 0. The lowest BCUT2D eigenvalue weighted by Crippen LogP contribution is -2.25. The Morgan fingerprint density at radius 2 is 2.00 bits per heavy atom. The van der Waals surface area contributed by atoms with Gasteiger partial charge in [0, 0.05) is 7.11 Å². The summed E-state index contributed by atoms with van der Waals surface area (Å²) in [6, 6.07) is 0. The van der Waals surface area contributed by atoms with E-state index in [1.165, 1.54) is 0 Å². The van der Waals surface area contributed by atoms with Gasteiger partial charge in [0.2, 0.25) is 0 Å². The molecule has 2 heteroatoms. The van der Waals surface area contributed by atoms with Crippen molar-refractivity contribution in [3.63, 3.8) is 0 Å². The van der Waals surface area contributed by atoms with E-state index in [2.05, 4.69) is 6.92 Å². The lowest BCUT2D eigenvalue weighted by Gasteiger charge is -2.24. The second-order valence-corrected chi connectivity index (χ2v) is 3.65. The lowest BCUT2D eigenvalue weighted by atomic mass is 9.96. The highest BCUT2D eigenvalue weighted by Crippen LogP contribution is 2.20. The first-order valence-electron chi connectivity index (χ1n) is 4.70. The Hall–Kier alpha value is -0.630. The maximum atomic E-state index is 11.0. The van der Waals surface area contributed by atoms with Crippen LogP contribution in [0.1, 0.15) is 40.5 Å². The molecule has 1 atom stereocenters. The van der Waals surface area contributed by atoms with Crippen LogP contribution in [0.4, 0.5) is 0 Å². The molecule has 0 heterocycles. The summed E-state index contributed by atoms with van der Waals surface area (Å²) in [5.74, 6) is 0.111. The summed E-state index contributed by atoms with van der Waals surface area (Å²) in [6.07, 6.45) is 3.90. The van der Waals surface area contributed by atoms with Gasteiger partial charge in [-0.2, -0.15) is 0 Å². The first kappa shape index (κ1) is 12.4. The highest BCUT2D eigenvalue weighted by Gasteiger charge is 2.19. The van der Waals surface area contributed by atoms with E-state index in [9.17, 15) is 4.79 Å². The van der Waals surface area contributed by atoms with Gasteiger partial charge in [0.1, 0.15) is 0 Å². The van der Waals surface area contributed by atoms with Gasteiger partial charge in [0.05, 0.1) is 5.60 Å². The van der Waals surface area contributed by atoms with Crippen LogP contribution in [-0.2, 0) is 9.53 Å². The van der Waals surface area contributed by atoms with Crippen molar-refractivity contribution in [3.8, 4) is 0 Å². The first-order valence-corrected chi connectivity index (χ1v) is 4.70. The molecular formula is C11H20O2. The molecule has 0 fully saturated rings. The topological polar surface area (TPSA) is 26.3 Å². The minimum Gasteiger partial charge on any atom is -0.374 e. The summed E-state index contributed by atoms with van der Waals surface area (Å²) in [5.41, 5.74) is 0.489. The largest absolute Gasteiger partial charge is 0.374 e. The SMILES string of the molecule is CCCC(C)(/C=C(\C)C(C)=O)OC. The number of carbonyl (C=O) groups excluding carboxylic acids is 1. The molecule has 0 saturated carbocycles. The second kappa shape index (κ2) is 5.18. The monoisotopic (exact) mass is 184 g/mol. The molecule has 0 saturated heterocycles. The molecule has 0 spiro atoms. The molecule has 0 radical (unpaired) electrons. The standard InChI is InChI=1S/C11H20O2/c1-6-7-11(4,13-5)8-9(2)10(3)12/h8H,6-7H2,1-5H3/b9-8+. The molecule has 0 aliphatic carbocycles. The van der Waals surface area contributed by atoms with Gasteiger partial charge in [-0.05, 0) is 38.8 Å². The molecule has 0 aromatic rings. The van der Waals surface area contributed by atoms with E-state index in [4.69, 9.17) is 4.74 Å². The van der Waals surface area contributed by atoms with Crippen molar-refractivity contribution in [3.05, 3.63) is 11.6 Å². The molecule has 1 unspecified atom stereocenters. The van der Waals surface area contributed by atoms with Crippen LogP contribution in [0, 0.1) is 0 Å². The quantitative estimate of drug-likeness (QED) is 0.614. The van der Waals surface area contributed by atoms with Gasteiger partial charge in [-0.25, -0.2) is 0 Å². The lowest BCUT2D eigenvalue weighted by molar-refractivity contribution is -0.113. The third-order valence-corrected chi connectivity index (χ3v) is 2.29. The van der Waals surface area contributed by atoms with Gasteiger partial charge in [-0.15, -0.1) is 0 Å². The Balaban J connectivity index is 4.58. The number of carbonyl (C=O) groups is 1. The van der Waals surface area contributed by atoms with Gasteiger partial charge < -0.3 is 4.74 Å². The van der Waals surface area contributed by atoms with E-state index in [-0.39, 0.29) is 11.4 Å². The van der Waals surface area contributed by atoms with E-state index in [1.807, 2.05) is 19.9 Å². The predicted molar refractivity (Wildman–Crippen MR) is 54.8 cm³/mol. The average Bonchev–Trinajstić information content (AvgIpc) is 2.04. The second-order valence-electron chi connectivity index (χ2n) is 3.65. The highest BCUT2D eigenvalue weighted by atomic mass is 16.5. The van der Waals surface area contributed by atoms with Crippen molar-refractivity contribution in [2.45, 2.75) is 46.1 Å². The van der Waals surface area contributed by atoms with Crippen LogP contribution in [0.5, 0.6) is 0 Å². The highest BCUT2D eigenvalue weighted by molar-refractivity contribution is 5.92. The number of Topliss-reactive ketones (excluding diaryl/α,β-unsaturated/α-hetero) is 1. The molecule has 0 bridgehead atoms. The van der Waals surface area contributed by atoms with E-state index in [0.717, 1.165) is 18.4 Å². The van der Waals surface area contributed by atoms with Crippen LogP contribution >= 0.6 is 0 Å². The van der Waals surface area contributed by atoms with Gasteiger partial charge in [0.15, 0.2) is 5.78 Å². The Bertz CT molecular complexity index is 206. The smallest absolute Gasteiger partial charge is 0.155 e. The number of allylic oxidation sites excluding steroid dienone is 1. The van der Waals surface area contributed by atoms with Crippen LogP contribution in [0.25, 0.3) is 0 Å². The van der Waals surface area contributed by atoms with Crippen LogP contribution in [0.2, 0.25) is 0 Å². The number of rotatable bonds is 5. The number of methoxy groups -OCH3 is 1. The van der Waals surface area contributed by atoms with Crippen LogP contribution < -0.4 is 0 Å². The van der Waals surface area contributed by atoms with E-state index >= 15 is 0 Å². The molecule has 76 valence electrons. The summed E-state index contributed by atoms with van der Waals surface area (Å²) in [4.78, 5) is 11.0. The van der Waals surface area contributed by atoms with Gasteiger partial charge in [-0.1, -0.05) is 13.3 Å². The molecule has 0 aliphatic rings. The van der Waals surface area contributed by atoms with Gasteiger partial charge in [0.25, 0.3) is 0 Å². The fourth-order valence-electron chi connectivity index (χ4n) is 1.29. The first-order chi connectivity index (χ1) is 5.95. The molecular weight excluding hydrogens is 164 g/mol. The van der Waals surface area contributed by atoms with Crippen molar-refractivity contribution in [1.82, 2.24) is 0 Å². The molecule has 2 nitrogen and oxygen atoms in total. The Labute approximate surface area is 81.0 Å². The minimum atomic E-state index is -0.287. The fraction of sp³-hybridized carbons (Fsp3) is 0.727. The Kier molecular flexibility index (Phi) is 4.92. The van der Waals surface area contributed by atoms with Crippen LogP contribution in [0.3, 0.4) is 0 Å². The maximum absolute atomic E-state index is 11.0. The predicted octanol–water partition coefficient (Wildman–Crippen LogP) is 2.73. The minimum absolute atomic E-state index is 0.111. The molecule has 13 heavy (non-hydrogen) atoms. The molecule has 0 amide bonds. The summed E-state index contributed by atoms with van der Waals surface area (Å²) >= 11 is 0. The molecule has 0 N–H and O–H groups in total. The zero-order valence-electron chi connectivity index (χ0n) is 9.31. The molecule has 0 rings (SSSR count). The summed E-state index contributed by atoms with van der Waals surface area (Å²) < 4.78 is 5.37. The average molecular weight is 184 g/mol. The van der Waals surface area contributed by atoms with E-state index in [0.29, 0.717) is 0 Å². The molecule has 0 aliphatic heterocycles. The third kappa shape index (κ3) is 4.23. The van der Waals surface area contributed by atoms with Crippen molar-refractivity contribution in [1.29, 1.82) is 0 Å². The zero-order valence-corrected chi connectivity index (χ0v) is 9.31. The van der Waals surface area contributed by atoms with Crippen LogP contribution in [0.15, 0.2) is 11.6 Å². The maximum Gasteiger partial charge on any atom is 0.155 e. The van der Waals surface area contributed by atoms with Crippen molar-refractivity contribution >= 4 is 5.78 Å². The third-order valence-electron chi connectivity index (χ3n) is 2.29. The summed E-state index contributed by atoms with van der Waals surface area (Å²) in [6.45, 7) is 7.51. The normalized spacial score (nSPS) is 16.8. The molecule has 0 aromatic carbocycles. The van der Waals surface area contributed by atoms with Crippen molar-refractivity contribution in [2.75, 3.05) is 7.11 Å². The number of hydrogen-bond acceptors (Lipinski definition) is 2. The van der Waals surface area contributed by atoms with Gasteiger partial charge in [-0.3, -0.25) is 4.79 Å². The Morgan fingerprint density at radius 1 is 1.46 bits per heavy atom. The molecule has 0 aromatic heterocycles. The van der Waals surface area contributed by atoms with E-state index < -0.39 is 0 Å². The number of hydrogen-bond donors (Lipinski definition) is 0. The number of ketones is 1. The van der Waals surface area contributed by atoms with Crippen molar-refractivity contribution < 1.29 is 9.53 Å². The zero-order chi connectivity index (χ0) is 10.5. The Morgan fingerprint density at radius 3 is 2.31 bits per heavy atom. The summed E-state index contributed by atoms with van der Waals surface area (Å²) in [7, 11) is 1.68. The number of ether oxygens (including phenoxy) is 1. The van der Waals surface area contributed by atoms with Gasteiger partial charge >= 0.3 is 0 Å². The van der Waals surface area contributed by atoms with Crippen LogP contribution in [-0.4, -0.2) is 18.5 Å². The van der Waals surface area contributed by atoms with E-state index in [1.54, 1.807) is 14.0 Å². The fourth-order valence-corrected chi connectivity index (χ4v) is 1.29.